The molecule has 4 aromatic rings. The van der Waals surface area contributed by atoms with Gasteiger partial charge in [0.1, 0.15) is 23.3 Å². The Bertz CT molecular complexity index is 1340. The Morgan fingerprint density at radius 1 is 0.900 bits per heavy atom. The number of ether oxygens (including phenoxy) is 1. The summed E-state index contributed by atoms with van der Waals surface area (Å²) in [5.41, 5.74) is 8.43. The first-order valence-corrected chi connectivity index (χ1v) is 11.0. The van der Waals surface area contributed by atoms with Crippen molar-refractivity contribution in [3.8, 4) is 5.75 Å². The minimum absolute atomic E-state index is 0.890. The highest BCUT2D eigenvalue weighted by atomic mass is 32.1. The first kappa shape index (κ1) is 18.8. The molecule has 3 heteroatoms. The van der Waals surface area contributed by atoms with E-state index in [1.165, 1.54) is 37.5 Å². The summed E-state index contributed by atoms with van der Waals surface area (Å²) >= 11 is 1.82. The molecule has 5 rings (SSSR count). The Balaban J connectivity index is 1.70. The number of aryl methyl sites for hydroxylation is 4. The van der Waals surface area contributed by atoms with Gasteiger partial charge in [-0.3, -0.25) is 0 Å². The van der Waals surface area contributed by atoms with Crippen LogP contribution in [0.2, 0.25) is 0 Å². The lowest BCUT2D eigenvalue weighted by molar-refractivity contribution is -0.642. The highest BCUT2D eigenvalue weighted by molar-refractivity contribution is 7.18. The zero-order valence-electron chi connectivity index (χ0n) is 17.7. The van der Waals surface area contributed by atoms with Crippen LogP contribution in [0.4, 0.5) is 0 Å². The van der Waals surface area contributed by atoms with Crippen LogP contribution in [0.3, 0.4) is 0 Å². The van der Waals surface area contributed by atoms with Crippen molar-refractivity contribution in [1.82, 2.24) is 0 Å². The van der Waals surface area contributed by atoms with Gasteiger partial charge in [-0.25, -0.2) is 0 Å². The van der Waals surface area contributed by atoms with Crippen LogP contribution in [0.1, 0.15) is 32.8 Å². The Morgan fingerprint density at radius 3 is 2.40 bits per heavy atom. The molecular formula is C27H24NOS+. The van der Waals surface area contributed by atoms with E-state index in [0.29, 0.717) is 0 Å². The second-order valence-corrected chi connectivity index (χ2v) is 9.04. The summed E-state index contributed by atoms with van der Waals surface area (Å²) in [6, 6.07) is 21.5. The van der Waals surface area contributed by atoms with Gasteiger partial charge in [0.05, 0.1) is 0 Å². The maximum atomic E-state index is 6.37. The smallest absolute Gasteiger partial charge is 0.263 e. The Labute approximate surface area is 181 Å². The van der Waals surface area contributed by atoms with Gasteiger partial charge in [-0.05, 0) is 61.7 Å². The fraction of sp³-hybridized carbons (Fsp3) is 0.148. The summed E-state index contributed by atoms with van der Waals surface area (Å²) in [6.07, 6.45) is 4.46. The number of fused-ring (bicyclic) bond motifs is 2. The molecule has 0 atom stereocenters. The van der Waals surface area contributed by atoms with Crippen molar-refractivity contribution in [3.63, 3.8) is 0 Å². The first-order valence-electron chi connectivity index (χ1n) is 10.2. The van der Waals surface area contributed by atoms with E-state index in [4.69, 9.17) is 4.74 Å². The number of thiazole rings is 1. The van der Waals surface area contributed by atoms with Gasteiger partial charge in [0.2, 0.25) is 5.52 Å². The average molecular weight is 411 g/mol. The number of benzene rings is 3. The van der Waals surface area contributed by atoms with Crippen molar-refractivity contribution in [2.75, 3.05) is 0 Å². The van der Waals surface area contributed by atoms with Crippen LogP contribution in [-0.2, 0) is 7.05 Å². The van der Waals surface area contributed by atoms with Crippen LogP contribution in [0.5, 0.6) is 5.75 Å². The van der Waals surface area contributed by atoms with Gasteiger partial charge in [0, 0.05) is 23.3 Å². The van der Waals surface area contributed by atoms with Crippen LogP contribution in [0.15, 0.2) is 66.7 Å². The molecule has 148 valence electrons. The van der Waals surface area contributed by atoms with Crippen molar-refractivity contribution in [1.29, 1.82) is 0 Å². The SMILES string of the molecule is Cc1ccc(C2=C/C(=C\c3sc4ccccc4[n+]3C)c3cc(C)c(C)cc3O2)cc1. The number of hydrogen-bond acceptors (Lipinski definition) is 2. The number of para-hydroxylation sites is 1. The number of allylic oxidation sites excluding steroid dienone is 2. The summed E-state index contributed by atoms with van der Waals surface area (Å²) < 4.78 is 9.93. The van der Waals surface area contributed by atoms with Crippen LogP contribution < -0.4 is 9.30 Å². The van der Waals surface area contributed by atoms with E-state index in [9.17, 15) is 0 Å². The second kappa shape index (κ2) is 7.26. The Kier molecular flexibility index (Phi) is 4.56. The largest absolute Gasteiger partial charge is 0.456 e. The van der Waals surface area contributed by atoms with E-state index in [0.717, 1.165) is 22.6 Å². The average Bonchev–Trinajstić information content (AvgIpc) is 3.05. The van der Waals surface area contributed by atoms with Gasteiger partial charge < -0.3 is 4.74 Å². The third-order valence-corrected chi connectivity index (χ3v) is 6.97. The summed E-state index contributed by atoms with van der Waals surface area (Å²) in [4.78, 5) is 0. The lowest BCUT2D eigenvalue weighted by atomic mass is 9.95. The molecule has 1 aromatic heterocycles. The third kappa shape index (κ3) is 3.25. The molecule has 0 amide bonds. The lowest BCUT2D eigenvalue weighted by Gasteiger charge is -2.22. The molecule has 0 saturated carbocycles. The summed E-state index contributed by atoms with van der Waals surface area (Å²) in [5.74, 6) is 1.81. The molecule has 0 radical (unpaired) electrons. The first-order chi connectivity index (χ1) is 14.5. The van der Waals surface area contributed by atoms with Crippen molar-refractivity contribution in [3.05, 3.63) is 99.6 Å². The van der Waals surface area contributed by atoms with E-state index < -0.39 is 0 Å². The van der Waals surface area contributed by atoms with Crippen LogP contribution in [0, 0.1) is 20.8 Å². The van der Waals surface area contributed by atoms with Gasteiger partial charge in [-0.15, -0.1) is 0 Å². The quantitative estimate of drug-likeness (QED) is 0.338. The van der Waals surface area contributed by atoms with Crippen molar-refractivity contribution >= 4 is 39.0 Å². The van der Waals surface area contributed by atoms with Gasteiger partial charge in [-0.2, -0.15) is 4.57 Å². The van der Waals surface area contributed by atoms with E-state index in [1.54, 1.807) is 0 Å². The van der Waals surface area contributed by atoms with Crippen LogP contribution >= 0.6 is 11.3 Å². The standard InChI is InChI=1S/C27H24NOS/c1-17-9-11-20(12-10-17)24-15-21(22-13-18(2)19(3)14-25(22)29-24)16-27-28(4)23-7-5-6-8-26(23)30-27/h5-16H,1-4H3/q+1/b21-16+. The molecule has 0 fully saturated rings. The minimum atomic E-state index is 0.890. The molecule has 0 bridgehead atoms. The maximum absolute atomic E-state index is 6.37. The molecule has 0 saturated heterocycles. The van der Waals surface area contributed by atoms with E-state index in [-0.39, 0.29) is 0 Å². The van der Waals surface area contributed by atoms with Gasteiger partial charge in [0.25, 0.3) is 5.01 Å². The Morgan fingerprint density at radius 2 is 1.63 bits per heavy atom. The molecule has 3 aromatic carbocycles. The summed E-state index contributed by atoms with van der Waals surface area (Å²) in [6.45, 7) is 6.40. The highest BCUT2D eigenvalue weighted by Crippen LogP contribution is 2.40. The molecule has 1 aliphatic rings. The predicted molar refractivity (Wildman–Crippen MR) is 127 cm³/mol. The summed E-state index contributed by atoms with van der Waals surface area (Å²) in [7, 11) is 2.14. The van der Waals surface area contributed by atoms with Crippen molar-refractivity contribution < 1.29 is 9.30 Å². The summed E-state index contributed by atoms with van der Waals surface area (Å²) in [5, 5.41) is 1.22. The fourth-order valence-corrected chi connectivity index (χ4v) is 4.93. The molecule has 0 unspecified atom stereocenters. The monoisotopic (exact) mass is 410 g/mol. The topological polar surface area (TPSA) is 13.1 Å². The third-order valence-electron chi connectivity index (χ3n) is 5.80. The number of aromatic nitrogens is 1. The molecule has 2 heterocycles. The Hall–Kier alpha value is -3.17. The van der Waals surface area contributed by atoms with E-state index >= 15 is 0 Å². The fourth-order valence-electron chi connectivity index (χ4n) is 3.83. The molecule has 30 heavy (non-hydrogen) atoms. The van der Waals surface area contributed by atoms with E-state index in [2.05, 4.69) is 105 Å². The molecular weight excluding hydrogens is 386 g/mol. The number of hydrogen-bond donors (Lipinski definition) is 0. The molecule has 0 N–H and O–H groups in total. The van der Waals surface area contributed by atoms with Gasteiger partial charge in [0.15, 0.2) is 0 Å². The highest BCUT2D eigenvalue weighted by Gasteiger charge is 2.22. The van der Waals surface area contributed by atoms with Crippen LogP contribution in [0.25, 0.3) is 27.6 Å². The molecule has 1 aliphatic heterocycles. The van der Waals surface area contributed by atoms with Gasteiger partial charge >= 0.3 is 0 Å². The van der Waals surface area contributed by atoms with Gasteiger partial charge in [-0.1, -0.05) is 53.3 Å². The lowest BCUT2D eigenvalue weighted by Crippen LogP contribution is -2.28. The molecule has 0 spiro atoms. The zero-order chi connectivity index (χ0) is 20.8. The number of nitrogens with zero attached hydrogens (tertiary/aromatic N) is 1. The number of rotatable bonds is 2. The van der Waals surface area contributed by atoms with E-state index in [1.807, 2.05) is 11.3 Å². The van der Waals surface area contributed by atoms with Crippen molar-refractivity contribution in [2.45, 2.75) is 20.8 Å². The maximum Gasteiger partial charge on any atom is 0.263 e. The molecule has 2 nitrogen and oxygen atoms in total. The predicted octanol–water partition coefficient (Wildman–Crippen LogP) is 6.63. The zero-order valence-corrected chi connectivity index (χ0v) is 18.5. The normalized spacial score (nSPS) is 14.5. The van der Waals surface area contributed by atoms with Crippen LogP contribution in [-0.4, -0.2) is 0 Å². The molecule has 0 aliphatic carbocycles. The second-order valence-electron chi connectivity index (χ2n) is 7.98. The van der Waals surface area contributed by atoms with Crippen molar-refractivity contribution in [2.24, 2.45) is 7.05 Å². The minimum Gasteiger partial charge on any atom is -0.456 e.